The molecule has 0 bridgehead atoms. The van der Waals surface area contributed by atoms with Gasteiger partial charge in [-0.1, -0.05) is 170 Å². The Morgan fingerprint density at radius 3 is 0.912 bits per heavy atom. The monoisotopic (exact) mass is 479 g/mol. The Morgan fingerprint density at radius 2 is 0.559 bits per heavy atom. The van der Waals surface area contributed by atoms with Crippen molar-refractivity contribution in [3.05, 3.63) is 0 Å². The van der Waals surface area contributed by atoms with Crippen molar-refractivity contribution in [2.45, 2.75) is 208 Å². The van der Waals surface area contributed by atoms with Gasteiger partial charge in [-0.05, 0) is 49.4 Å². The lowest BCUT2D eigenvalue weighted by Gasteiger charge is -2.35. The van der Waals surface area contributed by atoms with E-state index in [0.717, 1.165) is 0 Å². The van der Waals surface area contributed by atoms with Gasteiger partial charge in [-0.3, -0.25) is 0 Å². The Labute approximate surface area is 219 Å². The average molecular weight is 479 g/mol. The summed E-state index contributed by atoms with van der Waals surface area (Å²) in [5, 5.41) is 0. The van der Waals surface area contributed by atoms with Crippen LogP contribution in [0.2, 0.25) is 0 Å². The molecule has 0 aromatic carbocycles. The molecule has 0 N–H and O–H groups in total. The Bertz CT molecular complexity index is 371. The molecule has 0 aliphatic heterocycles. The molecular formula is C34H70. The largest absolute Gasteiger partial charge is 0.0654 e. The lowest BCUT2D eigenvalue weighted by atomic mass is 9.71. The molecule has 0 aliphatic rings. The third-order valence-corrected chi connectivity index (χ3v) is 8.70. The van der Waals surface area contributed by atoms with Crippen molar-refractivity contribution in [1.82, 2.24) is 0 Å². The van der Waals surface area contributed by atoms with Crippen molar-refractivity contribution in [2.75, 3.05) is 0 Å². The zero-order valence-electron chi connectivity index (χ0n) is 25.4. The molecule has 0 unspecified atom stereocenters. The quantitative estimate of drug-likeness (QED) is 0.103. The smallest absolute Gasteiger partial charge is 0.0297 e. The van der Waals surface area contributed by atoms with E-state index in [1.54, 1.807) is 0 Å². The molecule has 0 atom stereocenters. The van der Waals surface area contributed by atoms with Gasteiger partial charge in [-0.25, -0.2) is 0 Å². The van der Waals surface area contributed by atoms with Crippen molar-refractivity contribution in [2.24, 2.45) is 10.8 Å². The van der Waals surface area contributed by atoms with E-state index in [1.807, 2.05) is 0 Å². The van der Waals surface area contributed by atoms with E-state index in [-0.39, 0.29) is 0 Å². The van der Waals surface area contributed by atoms with E-state index < -0.39 is 0 Å². The molecule has 0 nitrogen and oxygen atoms in total. The summed E-state index contributed by atoms with van der Waals surface area (Å²) < 4.78 is 0. The van der Waals surface area contributed by atoms with Gasteiger partial charge in [0, 0.05) is 0 Å². The van der Waals surface area contributed by atoms with Crippen molar-refractivity contribution in [3.63, 3.8) is 0 Å². The summed E-state index contributed by atoms with van der Waals surface area (Å²) >= 11 is 0. The molecule has 0 amide bonds. The normalized spacial score (nSPS) is 12.5. The van der Waals surface area contributed by atoms with Gasteiger partial charge in [0.05, 0.1) is 0 Å². The van der Waals surface area contributed by atoms with E-state index in [9.17, 15) is 0 Å². The predicted octanol–water partition coefficient (Wildman–Crippen LogP) is 13.2. The van der Waals surface area contributed by atoms with Gasteiger partial charge in [-0.2, -0.15) is 0 Å². The molecule has 0 fully saturated rings. The van der Waals surface area contributed by atoms with Crippen LogP contribution in [0.25, 0.3) is 0 Å². The van der Waals surface area contributed by atoms with Crippen molar-refractivity contribution >= 4 is 0 Å². The van der Waals surface area contributed by atoms with Crippen molar-refractivity contribution in [3.8, 4) is 0 Å². The summed E-state index contributed by atoms with van der Waals surface area (Å²) in [4.78, 5) is 0. The third-order valence-electron chi connectivity index (χ3n) is 8.70. The van der Waals surface area contributed by atoms with Gasteiger partial charge in [-0.15, -0.1) is 0 Å². The first-order chi connectivity index (χ1) is 16.4. The van der Waals surface area contributed by atoms with Crippen molar-refractivity contribution < 1.29 is 0 Å². The van der Waals surface area contributed by atoms with E-state index in [4.69, 9.17) is 0 Å². The minimum atomic E-state index is 0.569. The second kappa shape index (κ2) is 23.4. The maximum absolute atomic E-state index is 2.52. The molecule has 0 heterocycles. The highest BCUT2D eigenvalue weighted by molar-refractivity contribution is 4.79. The molecule has 0 aromatic heterocycles. The van der Waals surface area contributed by atoms with E-state index in [1.165, 1.54) is 167 Å². The van der Waals surface area contributed by atoms with Gasteiger partial charge in [0.1, 0.15) is 0 Å². The fourth-order valence-electron chi connectivity index (χ4n) is 6.08. The molecular weight excluding hydrogens is 408 g/mol. The lowest BCUT2D eigenvalue weighted by molar-refractivity contribution is 0.175. The van der Waals surface area contributed by atoms with Crippen LogP contribution in [-0.4, -0.2) is 0 Å². The molecule has 0 radical (unpaired) electrons. The molecule has 34 heavy (non-hydrogen) atoms. The summed E-state index contributed by atoms with van der Waals surface area (Å²) in [6, 6.07) is 0. The van der Waals surface area contributed by atoms with Gasteiger partial charge < -0.3 is 0 Å². The Morgan fingerprint density at radius 1 is 0.294 bits per heavy atom. The predicted molar refractivity (Wildman–Crippen MR) is 159 cm³/mol. The van der Waals surface area contributed by atoms with Crippen LogP contribution < -0.4 is 0 Å². The fourth-order valence-corrected chi connectivity index (χ4v) is 6.08. The van der Waals surface area contributed by atoms with E-state index in [0.29, 0.717) is 10.8 Å². The third kappa shape index (κ3) is 20.2. The van der Waals surface area contributed by atoms with Crippen LogP contribution in [-0.2, 0) is 0 Å². The zero-order valence-corrected chi connectivity index (χ0v) is 25.4. The summed E-state index contributed by atoms with van der Waals surface area (Å²) in [5.74, 6) is 0. The fraction of sp³-hybridized carbons (Fsp3) is 1.00. The Balaban J connectivity index is 3.94. The average Bonchev–Trinajstić information content (AvgIpc) is 2.83. The first kappa shape index (κ1) is 34.0. The van der Waals surface area contributed by atoms with Gasteiger partial charge in [0.25, 0.3) is 0 Å². The van der Waals surface area contributed by atoms with Crippen LogP contribution in [0.3, 0.4) is 0 Å². The van der Waals surface area contributed by atoms with Crippen LogP contribution in [0.15, 0.2) is 0 Å². The van der Waals surface area contributed by atoms with E-state index in [2.05, 4.69) is 41.5 Å². The van der Waals surface area contributed by atoms with Crippen LogP contribution >= 0.6 is 0 Å². The number of rotatable bonds is 27. The van der Waals surface area contributed by atoms with Gasteiger partial charge in [0.15, 0.2) is 0 Å². The molecule has 0 saturated carbocycles. The SMILES string of the molecule is CCCCCCCCCCC(C)(C)CCCCCCCCC(CCCC)(CCCC)CCCC. The maximum Gasteiger partial charge on any atom is -0.0297 e. The zero-order chi connectivity index (χ0) is 25.4. The van der Waals surface area contributed by atoms with Crippen LogP contribution in [0, 0.1) is 10.8 Å². The first-order valence-electron chi connectivity index (χ1n) is 16.4. The minimum Gasteiger partial charge on any atom is -0.0654 e. The molecule has 0 heteroatoms. The summed E-state index contributed by atoms with van der Waals surface area (Å²) in [5.41, 5.74) is 1.25. The molecule has 206 valence electrons. The van der Waals surface area contributed by atoms with E-state index >= 15 is 0 Å². The summed E-state index contributed by atoms with van der Waals surface area (Å²) in [6.45, 7) is 14.5. The topological polar surface area (TPSA) is 0 Å². The van der Waals surface area contributed by atoms with Gasteiger partial charge in [0.2, 0.25) is 0 Å². The minimum absolute atomic E-state index is 0.569. The van der Waals surface area contributed by atoms with Crippen LogP contribution in [0.4, 0.5) is 0 Å². The first-order valence-corrected chi connectivity index (χ1v) is 16.4. The maximum atomic E-state index is 2.52. The van der Waals surface area contributed by atoms with Gasteiger partial charge >= 0.3 is 0 Å². The molecule has 0 spiro atoms. The molecule has 0 saturated heterocycles. The number of unbranched alkanes of at least 4 members (excludes halogenated alkanes) is 15. The summed E-state index contributed by atoms with van der Waals surface area (Å²) in [6.07, 6.45) is 37.8. The Hall–Kier alpha value is 0. The second-order valence-electron chi connectivity index (χ2n) is 12.8. The molecule has 0 aliphatic carbocycles. The summed E-state index contributed by atoms with van der Waals surface area (Å²) in [7, 11) is 0. The Kier molecular flexibility index (Phi) is 23.4. The van der Waals surface area contributed by atoms with Crippen LogP contribution in [0.5, 0.6) is 0 Å². The number of hydrogen-bond acceptors (Lipinski definition) is 0. The van der Waals surface area contributed by atoms with Crippen molar-refractivity contribution in [1.29, 1.82) is 0 Å². The highest BCUT2D eigenvalue weighted by atomic mass is 14.3. The second-order valence-corrected chi connectivity index (χ2v) is 12.8. The highest BCUT2D eigenvalue weighted by Crippen LogP contribution is 2.41. The number of hydrogen-bond donors (Lipinski definition) is 0. The van der Waals surface area contributed by atoms with Crippen LogP contribution in [0.1, 0.15) is 208 Å². The molecule has 0 aromatic rings. The molecule has 0 rings (SSSR count). The highest BCUT2D eigenvalue weighted by Gasteiger charge is 2.27. The standard InChI is InChI=1S/C34H70/c1-7-11-15-16-17-18-21-24-27-33(5,6)28-25-22-19-20-23-26-32-34(29-12-8-2,30-13-9-3)31-14-10-4/h7-32H2,1-6H3. The lowest BCUT2D eigenvalue weighted by Crippen LogP contribution is -2.21.